The zero-order valence-electron chi connectivity index (χ0n) is 8.64. The Kier molecular flexibility index (Phi) is 5.23. The molecule has 1 aliphatic rings. The van der Waals surface area contributed by atoms with Crippen molar-refractivity contribution in [2.45, 2.75) is 26.4 Å². The van der Waals surface area contributed by atoms with Gasteiger partial charge in [0.05, 0.1) is 6.10 Å². The number of hydrogen-bond donors (Lipinski definition) is 2. The van der Waals surface area contributed by atoms with E-state index in [9.17, 15) is 9.90 Å². The lowest BCUT2D eigenvalue weighted by atomic mass is 9.95. The van der Waals surface area contributed by atoms with Crippen LogP contribution in [0.15, 0.2) is 0 Å². The molecule has 0 radical (unpaired) electrons. The van der Waals surface area contributed by atoms with E-state index < -0.39 is 12.1 Å². The lowest BCUT2D eigenvalue weighted by Gasteiger charge is -2.15. The summed E-state index contributed by atoms with van der Waals surface area (Å²) in [6.07, 6.45) is 0.556. The van der Waals surface area contributed by atoms with Gasteiger partial charge in [-0.25, -0.2) is 4.79 Å². The fourth-order valence-electron chi connectivity index (χ4n) is 1.87. The summed E-state index contributed by atoms with van der Waals surface area (Å²) >= 11 is 0. The van der Waals surface area contributed by atoms with Crippen LogP contribution >= 0.6 is 12.4 Å². The Morgan fingerprint density at radius 3 is 2.50 bits per heavy atom. The number of rotatable bonds is 2. The van der Waals surface area contributed by atoms with Crippen molar-refractivity contribution in [1.29, 1.82) is 0 Å². The number of amides is 2. The predicted octanol–water partition coefficient (Wildman–Crippen LogP) is 0.826. The third-order valence-electron chi connectivity index (χ3n) is 2.49. The van der Waals surface area contributed by atoms with E-state index in [-0.39, 0.29) is 18.3 Å². The second-order valence-electron chi connectivity index (χ2n) is 4.20. The van der Waals surface area contributed by atoms with E-state index in [4.69, 9.17) is 5.73 Å². The van der Waals surface area contributed by atoms with E-state index in [2.05, 4.69) is 13.8 Å². The van der Waals surface area contributed by atoms with Crippen LogP contribution < -0.4 is 5.73 Å². The maximum absolute atomic E-state index is 10.8. The first kappa shape index (κ1) is 13.5. The molecule has 2 amide bonds. The number of halogens is 1. The fraction of sp³-hybridized carbons (Fsp3) is 0.889. The van der Waals surface area contributed by atoms with Gasteiger partial charge in [0.25, 0.3) is 0 Å². The molecule has 0 aromatic rings. The normalized spacial score (nSPS) is 26.4. The number of aliphatic hydroxyl groups is 1. The van der Waals surface area contributed by atoms with Gasteiger partial charge in [0.1, 0.15) is 0 Å². The molecule has 1 heterocycles. The Hall–Kier alpha value is -0.480. The van der Waals surface area contributed by atoms with Crippen LogP contribution in [-0.2, 0) is 0 Å². The van der Waals surface area contributed by atoms with Gasteiger partial charge < -0.3 is 15.7 Å². The maximum atomic E-state index is 10.8. The number of hydrogen-bond acceptors (Lipinski definition) is 2. The molecule has 0 aromatic carbocycles. The number of likely N-dealkylation sites (tertiary alicyclic amines) is 1. The minimum atomic E-state index is -0.426. The second kappa shape index (κ2) is 5.41. The van der Waals surface area contributed by atoms with Crippen molar-refractivity contribution >= 4 is 18.4 Å². The van der Waals surface area contributed by atoms with Gasteiger partial charge in [-0.15, -0.1) is 12.4 Å². The third-order valence-corrected chi connectivity index (χ3v) is 2.49. The Balaban J connectivity index is 0.00000169. The van der Waals surface area contributed by atoms with Crippen LogP contribution in [0.2, 0.25) is 0 Å². The summed E-state index contributed by atoms with van der Waals surface area (Å²) in [5.41, 5.74) is 5.13. The highest BCUT2D eigenvalue weighted by Crippen LogP contribution is 2.23. The molecule has 2 unspecified atom stereocenters. The van der Waals surface area contributed by atoms with Crippen LogP contribution in [0.1, 0.15) is 20.3 Å². The molecular weight excluding hydrogens is 204 g/mol. The smallest absolute Gasteiger partial charge is 0.314 e. The number of nitrogens with zero attached hydrogens (tertiary/aromatic N) is 1. The van der Waals surface area contributed by atoms with Crippen LogP contribution in [0.4, 0.5) is 4.79 Å². The Morgan fingerprint density at radius 1 is 1.57 bits per heavy atom. The molecular formula is C9H19ClN2O2. The van der Waals surface area contributed by atoms with E-state index in [0.717, 1.165) is 6.42 Å². The summed E-state index contributed by atoms with van der Waals surface area (Å²) in [4.78, 5) is 12.3. The molecule has 1 aliphatic heterocycles. The quantitative estimate of drug-likeness (QED) is 0.727. The molecule has 0 aromatic heterocycles. The van der Waals surface area contributed by atoms with Crippen LogP contribution in [-0.4, -0.2) is 35.2 Å². The van der Waals surface area contributed by atoms with Crippen molar-refractivity contribution in [2.24, 2.45) is 17.6 Å². The summed E-state index contributed by atoms with van der Waals surface area (Å²) in [6.45, 7) is 5.22. The molecule has 1 fully saturated rings. The molecule has 0 spiro atoms. The number of aliphatic hydroxyl groups excluding tert-OH is 1. The van der Waals surface area contributed by atoms with Crippen molar-refractivity contribution in [1.82, 2.24) is 4.90 Å². The Labute approximate surface area is 90.9 Å². The molecule has 1 rings (SSSR count). The lowest BCUT2D eigenvalue weighted by Crippen LogP contribution is -2.34. The molecule has 2 atom stereocenters. The van der Waals surface area contributed by atoms with Crippen molar-refractivity contribution in [2.75, 3.05) is 13.1 Å². The summed E-state index contributed by atoms with van der Waals surface area (Å²) in [7, 11) is 0. The molecule has 4 nitrogen and oxygen atoms in total. The largest absolute Gasteiger partial charge is 0.391 e. The van der Waals surface area contributed by atoms with E-state index >= 15 is 0 Å². The highest BCUT2D eigenvalue weighted by atomic mass is 35.5. The fourth-order valence-corrected chi connectivity index (χ4v) is 1.87. The molecule has 0 bridgehead atoms. The first-order chi connectivity index (χ1) is 6.00. The predicted molar refractivity (Wildman–Crippen MR) is 57.4 cm³/mol. The van der Waals surface area contributed by atoms with Gasteiger partial charge in [-0.2, -0.15) is 0 Å². The molecule has 5 heteroatoms. The zero-order chi connectivity index (χ0) is 10.0. The van der Waals surface area contributed by atoms with Gasteiger partial charge >= 0.3 is 6.03 Å². The monoisotopic (exact) mass is 222 g/mol. The average Bonchev–Trinajstić information content (AvgIpc) is 2.31. The summed E-state index contributed by atoms with van der Waals surface area (Å²) in [6, 6.07) is -0.426. The van der Waals surface area contributed by atoms with Crippen molar-refractivity contribution in [3.63, 3.8) is 0 Å². The number of urea groups is 1. The zero-order valence-corrected chi connectivity index (χ0v) is 9.46. The first-order valence-corrected chi connectivity index (χ1v) is 4.73. The van der Waals surface area contributed by atoms with Gasteiger partial charge in [-0.05, 0) is 12.3 Å². The Bertz CT molecular complexity index is 199. The van der Waals surface area contributed by atoms with Crippen molar-refractivity contribution in [3.05, 3.63) is 0 Å². The highest BCUT2D eigenvalue weighted by Gasteiger charge is 2.33. The topological polar surface area (TPSA) is 66.6 Å². The van der Waals surface area contributed by atoms with Gasteiger partial charge in [0.2, 0.25) is 0 Å². The number of nitrogens with two attached hydrogens (primary N) is 1. The van der Waals surface area contributed by atoms with E-state index in [1.807, 2.05) is 0 Å². The van der Waals surface area contributed by atoms with E-state index in [0.29, 0.717) is 19.0 Å². The second-order valence-corrected chi connectivity index (χ2v) is 4.20. The molecule has 14 heavy (non-hydrogen) atoms. The number of primary amides is 1. The first-order valence-electron chi connectivity index (χ1n) is 4.73. The highest BCUT2D eigenvalue weighted by molar-refractivity contribution is 5.85. The standard InChI is InChI=1S/C9H18N2O2.ClH/c1-6(2)3-7-4-11(9(10)13)5-8(7)12;/h6-8,12H,3-5H2,1-2H3,(H2,10,13);1H. The average molecular weight is 223 g/mol. The number of β-amino-alcohol motifs (C(OH)–C–C–N with tert-alkyl or cyclic N) is 1. The van der Waals surface area contributed by atoms with Gasteiger partial charge in [0.15, 0.2) is 0 Å². The van der Waals surface area contributed by atoms with Gasteiger partial charge in [0, 0.05) is 19.0 Å². The van der Waals surface area contributed by atoms with Gasteiger partial charge in [-0.3, -0.25) is 0 Å². The van der Waals surface area contributed by atoms with Crippen molar-refractivity contribution in [3.8, 4) is 0 Å². The molecule has 0 aliphatic carbocycles. The van der Waals surface area contributed by atoms with Crippen LogP contribution in [0.3, 0.4) is 0 Å². The van der Waals surface area contributed by atoms with Crippen LogP contribution in [0.25, 0.3) is 0 Å². The summed E-state index contributed by atoms with van der Waals surface area (Å²) in [5, 5.41) is 9.61. The number of carbonyl (C=O) groups excluding carboxylic acids is 1. The van der Waals surface area contributed by atoms with Crippen molar-refractivity contribution < 1.29 is 9.90 Å². The van der Waals surface area contributed by atoms with E-state index in [1.165, 1.54) is 4.90 Å². The Morgan fingerprint density at radius 2 is 2.14 bits per heavy atom. The lowest BCUT2D eigenvalue weighted by molar-refractivity contribution is 0.132. The number of carbonyl (C=O) groups is 1. The molecule has 84 valence electrons. The minimum absolute atomic E-state index is 0. The molecule has 3 N–H and O–H groups in total. The molecule has 1 saturated heterocycles. The maximum Gasteiger partial charge on any atom is 0.314 e. The summed E-state index contributed by atoms with van der Waals surface area (Å²) < 4.78 is 0. The summed E-state index contributed by atoms with van der Waals surface area (Å²) in [5.74, 6) is 0.750. The van der Waals surface area contributed by atoms with E-state index in [1.54, 1.807) is 0 Å². The SMILES string of the molecule is CC(C)CC1CN(C(N)=O)CC1O.Cl. The minimum Gasteiger partial charge on any atom is -0.391 e. The molecule has 0 saturated carbocycles. The van der Waals surface area contributed by atoms with Crippen LogP contribution in [0.5, 0.6) is 0 Å². The van der Waals surface area contributed by atoms with Gasteiger partial charge in [-0.1, -0.05) is 13.8 Å². The van der Waals surface area contributed by atoms with Crippen LogP contribution in [0, 0.1) is 11.8 Å². The third kappa shape index (κ3) is 3.35.